The van der Waals surface area contributed by atoms with Crippen LogP contribution in [0.4, 0.5) is 0 Å². The van der Waals surface area contributed by atoms with Gasteiger partial charge in [-0.3, -0.25) is 0 Å². The fraction of sp³-hybridized carbons (Fsp3) is 0.0164. The smallest absolute Gasteiger partial charge is 0.0786 e. The molecule has 0 bridgehead atoms. The van der Waals surface area contributed by atoms with Gasteiger partial charge in [0.2, 0.25) is 0 Å². The summed E-state index contributed by atoms with van der Waals surface area (Å²) in [4.78, 5) is 5.29. The van der Waals surface area contributed by atoms with E-state index < -0.39 is 5.41 Å². The second-order valence-corrected chi connectivity index (χ2v) is 16.3. The van der Waals surface area contributed by atoms with Gasteiger partial charge in [-0.15, -0.1) is 5.73 Å². The van der Waals surface area contributed by atoms with E-state index in [1.807, 2.05) is 12.1 Å². The zero-order valence-electron chi connectivity index (χ0n) is 34.0. The first-order chi connectivity index (χ1) is 30.7. The van der Waals surface area contributed by atoms with Gasteiger partial charge in [0.25, 0.3) is 0 Å². The van der Waals surface area contributed by atoms with Crippen LogP contribution in [0.1, 0.15) is 38.9 Å². The molecule has 0 saturated carbocycles. The van der Waals surface area contributed by atoms with Crippen molar-refractivity contribution in [1.82, 2.24) is 0 Å². The molecule has 0 N–H and O–H groups in total. The van der Waals surface area contributed by atoms with E-state index in [9.17, 15) is 0 Å². The van der Waals surface area contributed by atoms with Gasteiger partial charge in [0, 0.05) is 22.8 Å². The third-order valence-corrected chi connectivity index (χ3v) is 13.0. The molecule has 0 amide bonds. The predicted octanol–water partition coefficient (Wildman–Crippen LogP) is 15.1. The summed E-state index contributed by atoms with van der Waals surface area (Å²) in [6.07, 6.45) is 4.20. The molecule has 1 nitrogen and oxygen atoms in total. The fourth-order valence-corrected chi connectivity index (χ4v) is 10.1. The van der Waals surface area contributed by atoms with Gasteiger partial charge in [0.15, 0.2) is 0 Å². The monoisotopic (exact) mass is 785 g/mol. The van der Waals surface area contributed by atoms with Crippen LogP contribution in [0.5, 0.6) is 0 Å². The third-order valence-electron chi connectivity index (χ3n) is 13.0. The highest BCUT2D eigenvalue weighted by molar-refractivity contribution is 6.12. The molecule has 0 atom stereocenters. The van der Waals surface area contributed by atoms with E-state index in [1.165, 1.54) is 72.3 Å². The lowest BCUT2D eigenvalue weighted by molar-refractivity contribution is 0.775. The van der Waals surface area contributed by atoms with Crippen molar-refractivity contribution in [2.75, 3.05) is 0 Å². The van der Waals surface area contributed by atoms with E-state index in [2.05, 4.69) is 230 Å². The first-order valence-corrected chi connectivity index (χ1v) is 21.4. The summed E-state index contributed by atoms with van der Waals surface area (Å²) in [6, 6.07) is 81.8. The number of fused-ring (bicyclic) bond motifs is 12. The summed E-state index contributed by atoms with van der Waals surface area (Å²) in [5, 5.41) is 0. The van der Waals surface area contributed by atoms with Crippen LogP contribution in [0.15, 0.2) is 247 Å². The molecule has 9 aromatic rings. The Kier molecular flexibility index (Phi) is 8.42. The van der Waals surface area contributed by atoms with Gasteiger partial charge in [-0.2, -0.15) is 0 Å². The summed E-state index contributed by atoms with van der Waals surface area (Å²) in [6.45, 7) is 0. The average molecular weight is 786 g/mol. The maximum absolute atomic E-state index is 5.29. The Morgan fingerprint density at radius 2 is 0.710 bits per heavy atom. The lowest BCUT2D eigenvalue weighted by atomic mass is 9.65. The van der Waals surface area contributed by atoms with Crippen LogP contribution >= 0.6 is 0 Å². The van der Waals surface area contributed by atoms with E-state index in [1.54, 1.807) is 0 Å². The summed E-state index contributed by atoms with van der Waals surface area (Å²) < 4.78 is 0. The van der Waals surface area contributed by atoms with Gasteiger partial charge in [0.05, 0.1) is 16.8 Å². The number of rotatable bonds is 5. The zero-order chi connectivity index (χ0) is 41.0. The molecule has 0 fully saturated rings. The molecule has 0 unspecified atom stereocenters. The minimum absolute atomic E-state index is 0.517. The van der Waals surface area contributed by atoms with Crippen molar-refractivity contribution in [2.45, 2.75) is 5.41 Å². The van der Waals surface area contributed by atoms with Crippen LogP contribution in [0.3, 0.4) is 0 Å². The molecule has 62 heavy (non-hydrogen) atoms. The molecule has 1 heterocycles. The third kappa shape index (κ3) is 5.68. The summed E-state index contributed by atoms with van der Waals surface area (Å²) in [7, 11) is 0. The van der Waals surface area contributed by atoms with Crippen molar-refractivity contribution in [3.63, 3.8) is 0 Å². The Bertz CT molecular complexity index is 3270. The van der Waals surface area contributed by atoms with Gasteiger partial charge in [-0.05, 0) is 95.6 Å². The van der Waals surface area contributed by atoms with Crippen LogP contribution in [0, 0.1) is 0 Å². The van der Waals surface area contributed by atoms with Gasteiger partial charge in [-0.25, -0.2) is 4.99 Å². The lowest BCUT2D eigenvalue weighted by Crippen LogP contribution is -2.29. The summed E-state index contributed by atoms with van der Waals surface area (Å²) in [5.41, 5.74) is 26.7. The number of allylic oxidation sites excluding steroid dienone is 2. The van der Waals surface area contributed by atoms with Crippen molar-refractivity contribution in [1.29, 1.82) is 0 Å². The number of aliphatic imine (C=N–C) groups is 1. The van der Waals surface area contributed by atoms with E-state index >= 15 is 0 Å². The molecule has 1 spiro atoms. The number of hydrogen-bond donors (Lipinski definition) is 0. The Morgan fingerprint density at radius 3 is 1.29 bits per heavy atom. The second-order valence-electron chi connectivity index (χ2n) is 16.3. The molecule has 288 valence electrons. The lowest BCUT2D eigenvalue weighted by Gasteiger charge is -2.35. The molecular formula is C61H39N. The van der Waals surface area contributed by atoms with Gasteiger partial charge >= 0.3 is 0 Å². The zero-order valence-corrected chi connectivity index (χ0v) is 34.0. The highest BCUT2D eigenvalue weighted by Crippen LogP contribution is 2.61. The minimum Gasteiger partial charge on any atom is -0.247 e. The van der Waals surface area contributed by atoms with Gasteiger partial charge in [0.1, 0.15) is 0 Å². The Hall–Kier alpha value is -8.09. The minimum atomic E-state index is -0.517. The molecule has 1 heteroatoms. The van der Waals surface area contributed by atoms with E-state index in [0.717, 1.165) is 39.2 Å². The molecular weight excluding hydrogens is 747 g/mol. The largest absolute Gasteiger partial charge is 0.247 e. The fourth-order valence-electron chi connectivity index (χ4n) is 10.1. The standard InChI is InChI=1S/C61H39N/c1-3-15-41(16-4-1)42-27-29-44(30-28-42)48-36-38-59(45-17-5-2-6-18-45)62-60(40-48)46-33-31-43(32-34-46)47-35-37-54-53-23-11-14-26-57(53)61(58(54)39-47)55-24-12-9-21-51(55)49-19-7-8-20-50(49)52-22-10-13-25-56(52)61/h1-35,37-40H. The molecule has 0 radical (unpaired) electrons. The number of nitrogens with zero attached hydrogens (tertiary/aromatic N) is 1. The molecule has 12 rings (SSSR count). The van der Waals surface area contributed by atoms with Crippen molar-refractivity contribution < 1.29 is 0 Å². The van der Waals surface area contributed by atoms with Crippen LogP contribution in [0.25, 0.3) is 66.9 Å². The van der Waals surface area contributed by atoms with Crippen LogP contribution in [0.2, 0.25) is 0 Å². The van der Waals surface area contributed by atoms with E-state index in [0.29, 0.717) is 0 Å². The Balaban J connectivity index is 0.982. The second kappa shape index (κ2) is 14.6. The molecule has 1 aliphatic heterocycles. The van der Waals surface area contributed by atoms with E-state index in [4.69, 9.17) is 4.99 Å². The predicted molar refractivity (Wildman–Crippen MR) is 258 cm³/mol. The highest BCUT2D eigenvalue weighted by Gasteiger charge is 2.49. The quantitative estimate of drug-likeness (QED) is 0.154. The molecule has 0 aromatic heterocycles. The van der Waals surface area contributed by atoms with Gasteiger partial charge in [-0.1, -0.05) is 218 Å². The van der Waals surface area contributed by atoms with Crippen molar-refractivity contribution in [3.05, 3.63) is 281 Å². The van der Waals surface area contributed by atoms with Gasteiger partial charge < -0.3 is 0 Å². The normalized spacial score (nSPS) is 13.9. The maximum atomic E-state index is 5.29. The molecule has 2 aliphatic carbocycles. The average Bonchev–Trinajstić information content (AvgIpc) is 3.43. The Labute approximate surface area is 362 Å². The summed E-state index contributed by atoms with van der Waals surface area (Å²) >= 11 is 0. The molecule has 9 aromatic carbocycles. The van der Waals surface area contributed by atoms with E-state index in [-0.39, 0.29) is 0 Å². The SMILES string of the molecule is C1=CC(c2ccccc2)=NC(c2ccc(-c3ccc4c(c3)C3(c5ccccc5-c5ccccc5-c5ccccc53)c3ccccc3-4)cc2)=CC=1c1ccc(-c2ccccc2)cc1. The number of benzene rings is 9. The van der Waals surface area contributed by atoms with Crippen molar-refractivity contribution >= 4 is 17.0 Å². The van der Waals surface area contributed by atoms with Crippen LogP contribution < -0.4 is 0 Å². The van der Waals surface area contributed by atoms with Crippen molar-refractivity contribution in [3.8, 4) is 55.6 Å². The van der Waals surface area contributed by atoms with Crippen LogP contribution in [-0.2, 0) is 5.41 Å². The number of hydrogen-bond acceptors (Lipinski definition) is 1. The molecule has 0 saturated heterocycles. The van der Waals surface area contributed by atoms with Crippen LogP contribution in [-0.4, -0.2) is 5.71 Å². The topological polar surface area (TPSA) is 12.4 Å². The first kappa shape index (κ1) is 35.8. The maximum Gasteiger partial charge on any atom is 0.0786 e. The molecule has 3 aliphatic rings. The first-order valence-electron chi connectivity index (χ1n) is 21.4. The van der Waals surface area contributed by atoms with Crippen molar-refractivity contribution in [2.24, 2.45) is 4.99 Å². The Morgan fingerprint density at radius 1 is 0.306 bits per heavy atom. The summed E-state index contributed by atoms with van der Waals surface area (Å²) in [5.74, 6) is 0. The highest BCUT2D eigenvalue weighted by atomic mass is 14.8.